The number of carbonyl (C=O) groups excluding carboxylic acids is 1. The molecule has 16 heavy (non-hydrogen) atoms. The Morgan fingerprint density at radius 2 is 2.12 bits per heavy atom. The fourth-order valence-electron chi connectivity index (χ4n) is 1.81. The zero-order valence-electron chi connectivity index (χ0n) is 9.45. The van der Waals surface area contributed by atoms with Crippen molar-refractivity contribution >= 4 is 22.2 Å². The quantitative estimate of drug-likeness (QED) is 0.782. The Labute approximate surface area is 94.3 Å². The van der Waals surface area contributed by atoms with Crippen LogP contribution in [0.15, 0.2) is 24.4 Å². The fraction of sp³-hybridized carbons (Fsp3) is 0.231. The number of pyridine rings is 1. The van der Waals surface area contributed by atoms with Gasteiger partial charge in [0, 0.05) is 17.7 Å². The summed E-state index contributed by atoms with van der Waals surface area (Å²) in [6.07, 6.45) is 2.48. The van der Waals surface area contributed by atoms with Crippen molar-refractivity contribution in [2.75, 3.05) is 5.73 Å². The summed E-state index contributed by atoms with van der Waals surface area (Å²) in [5.41, 5.74) is 8.14. The van der Waals surface area contributed by atoms with Gasteiger partial charge in [-0.25, -0.2) is 0 Å². The minimum atomic E-state index is -0.0294. The van der Waals surface area contributed by atoms with Crippen LogP contribution >= 0.6 is 0 Å². The average Bonchev–Trinajstić information content (AvgIpc) is 2.28. The number of Topliss-reactive ketones (excluding diaryl/α,β-unsaturated/α-hetero) is 1. The number of hydrogen-bond donors (Lipinski definition) is 1. The van der Waals surface area contributed by atoms with Crippen LogP contribution in [-0.4, -0.2) is 10.8 Å². The topological polar surface area (TPSA) is 56.0 Å². The Morgan fingerprint density at radius 3 is 2.75 bits per heavy atom. The lowest BCUT2D eigenvalue weighted by Gasteiger charge is -2.07. The lowest BCUT2D eigenvalue weighted by molar-refractivity contribution is 0.101. The highest BCUT2D eigenvalue weighted by Crippen LogP contribution is 2.24. The summed E-state index contributed by atoms with van der Waals surface area (Å²) in [5, 5.41) is 1.75. The minimum absolute atomic E-state index is 0.0294. The predicted octanol–water partition coefficient (Wildman–Crippen LogP) is 2.58. The number of fused-ring (bicyclic) bond motifs is 1. The molecule has 0 aliphatic heterocycles. The molecular formula is C13H14N2O. The molecule has 0 saturated heterocycles. The highest BCUT2D eigenvalue weighted by atomic mass is 16.1. The number of benzene rings is 1. The summed E-state index contributed by atoms with van der Waals surface area (Å²) in [7, 11) is 0. The lowest BCUT2D eigenvalue weighted by atomic mass is 10.0. The maximum Gasteiger partial charge on any atom is 0.178 e. The summed E-state index contributed by atoms with van der Waals surface area (Å²) >= 11 is 0. The molecule has 1 aromatic heterocycles. The van der Waals surface area contributed by atoms with E-state index < -0.39 is 0 Å². The summed E-state index contributed by atoms with van der Waals surface area (Å²) in [5.74, 6) is -0.0294. The van der Waals surface area contributed by atoms with E-state index in [0.717, 1.165) is 17.2 Å². The number of nitrogens with zero attached hydrogens (tertiary/aromatic N) is 1. The molecule has 0 atom stereocenters. The van der Waals surface area contributed by atoms with Gasteiger partial charge in [-0.15, -0.1) is 0 Å². The Bertz CT molecular complexity index is 561. The number of aromatic nitrogens is 1. The molecule has 0 saturated carbocycles. The third-order valence-corrected chi connectivity index (χ3v) is 2.72. The minimum Gasteiger partial charge on any atom is -0.397 e. The molecule has 2 aromatic rings. The van der Waals surface area contributed by atoms with Gasteiger partial charge < -0.3 is 5.73 Å². The van der Waals surface area contributed by atoms with E-state index >= 15 is 0 Å². The van der Waals surface area contributed by atoms with Gasteiger partial charge in [0.15, 0.2) is 5.78 Å². The van der Waals surface area contributed by atoms with E-state index in [-0.39, 0.29) is 5.78 Å². The number of hydrogen-bond acceptors (Lipinski definition) is 3. The molecule has 0 unspecified atom stereocenters. The van der Waals surface area contributed by atoms with Crippen molar-refractivity contribution in [2.24, 2.45) is 0 Å². The summed E-state index contributed by atoms with van der Waals surface area (Å²) in [6.45, 7) is 3.60. The van der Waals surface area contributed by atoms with Crippen LogP contribution in [0.3, 0.4) is 0 Å². The van der Waals surface area contributed by atoms with E-state index in [2.05, 4.69) is 11.9 Å². The zero-order valence-corrected chi connectivity index (χ0v) is 9.45. The van der Waals surface area contributed by atoms with Gasteiger partial charge in [0.1, 0.15) is 5.69 Å². The summed E-state index contributed by atoms with van der Waals surface area (Å²) < 4.78 is 0. The van der Waals surface area contributed by atoms with Crippen molar-refractivity contribution in [3.05, 3.63) is 35.7 Å². The van der Waals surface area contributed by atoms with E-state index in [1.165, 1.54) is 12.5 Å². The second kappa shape index (κ2) is 3.93. The van der Waals surface area contributed by atoms with Crippen molar-refractivity contribution in [2.45, 2.75) is 20.3 Å². The number of nitrogens with two attached hydrogens (primary N) is 1. The van der Waals surface area contributed by atoms with E-state index in [4.69, 9.17) is 5.73 Å². The van der Waals surface area contributed by atoms with Crippen molar-refractivity contribution < 1.29 is 4.79 Å². The van der Waals surface area contributed by atoms with Crippen LogP contribution in [0.5, 0.6) is 0 Å². The maximum absolute atomic E-state index is 11.5. The number of aryl methyl sites for hydroxylation is 1. The second-order valence-corrected chi connectivity index (χ2v) is 3.85. The molecule has 2 rings (SSSR count). The maximum atomic E-state index is 11.5. The normalized spacial score (nSPS) is 10.6. The first-order valence-corrected chi connectivity index (χ1v) is 5.31. The van der Waals surface area contributed by atoms with Crippen LogP contribution in [-0.2, 0) is 6.42 Å². The van der Waals surface area contributed by atoms with Crippen molar-refractivity contribution in [1.29, 1.82) is 0 Å². The van der Waals surface area contributed by atoms with Gasteiger partial charge in [-0.3, -0.25) is 9.78 Å². The molecule has 0 fully saturated rings. The molecule has 0 aliphatic carbocycles. The molecule has 0 aliphatic rings. The van der Waals surface area contributed by atoms with Gasteiger partial charge in [-0.1, -0.05) is 19.1 Å². The number of carbonyl (C=O) groups is 1. The van der Waals surface area contributed by atoms with Crippen LogP contribution in [0.2, 0.25) is 0 Å². The van der Waals surface area contributed by atoms with Gasteiger partial charge in [0.05, 0.1) is 11.9 Å². The molecule has 1 aromatic carbocycles. The van der Waals surface area contributed by atoms with Gasteiger partial charge >= 0.3 is 0 Å². The van der Waals surface area contributed by atoms with Gasteiger partial charge in [-0.05, 0) is 18.1 Å². The first kappa shape index (κ1) is 10.6. The molecule has 0 radical (unpaired) electrons. The van der Waals surface area contributed by atoms with E-state index in [1.807, 2.05) is 18.2 Å². The molecule has 3 heteroatoms. The molecule has 0 spiro atoms. The summed E-state index contributed by atoms with van der Waals surface area (Å²) in [6, 6.07) is 5.98. The Morgan fingerprint density at radius 1 is 1.38 bits per heavy atom. The van der Waals surface area contributed by atoms with Crippen LogP contribution in [0.1, 0.15) is 29.9 Å². The van der Waals surface area contributed by atoms with Crippen LogP contribution in [0.4, 0.5) is 5.69 Å². The van der Waals surface area contributed by atoms with Crippen LogP contribution < -0.4 is 5.73 Å². The Balaban J connectivity index is 2.83. The second-order valence-electron chi connectivity index (χ2n) is 3.85. The standard InChI is InChI=1S/C13H14N2O/c1-3-9-4-5-10-11(6-9)13(8(2)16)15-7-12(10)14/h4-7H,3,14H2,1-2H3. The average molecular weight is 214 g/mol. The molecule has 0 amide bonds. The van der Waals surface area contributed by atoms with Gasteiger partial charge in [-0.2, -0.15) is 0 Å². The highest BCUT2D eigenvalue weighted by Gasteiger charge is 2.09. The van der Waals surface area contributed by atoms with Crippen LogP contribution in [0.25, 0.3) is 10.8 Å². The van der Waals surface area contributed by atoms with Gasteiger partial charge in [0.25, 0.3) is 0 Å². The molecular weight excluding hydrogens is 200 g/mol. The Kier molecular flexibility index (Phi) is 2.60. The predicted molar refractivity (Wildman–Crippen MR) is 65.5 cm³/mol. The Hall–Kier alpha value is -1.90. The first-order chi connectivity index (χ1) is 7.63. The number of anilines is 1. The lowest BCUT2D eigenvalue weighted by Crippen LogP contribution is -2.01. The fourth-order valence-corrected chi connectivity index (χ4v) is 1.81. The molecule has 2 N–H and O–H groups in total. The van der Waals surface area contributed by atoms with Crippen molar-refractivity contribution in [1.82, 2.24) is 4.98 Å². The number of ketones is 1. The smallest absolute Gasteiger partial charge is 0.178 e. The van der Waals surface area contributed by atoms with Crippen molar-refractivity contribution in [3.63, 3.8) is 0 Å². The zero-order chi connectivity index (χ0) is 11.7. The first-order valence-electron chi connectivity index (χ1n) is 5.31. The molecule has 0 bridgehead atoms. The monoisotopic (exact) mass is 214 g/mol. The summed E-state index contributed by atoms with van der Waals surface area (Å²) in [4.78, 5) is 15.6. The largest absolute Gasteiger partial charge is 0.397 e. The number of rotatable bonds is 2. The molecule has 82 valence electrons. The van der Waals surface area contributed by atoms with E-state index in [1.54, 1.807) is 6.20 Å². The molecule has 1 heterocycles. The SMILES string of the molecule is CCc1ccc2c(N)cnc(C(C)=O)c2c1. The highest BCUT2D eigenvalue weighted by molar-refractivity contribution is 6.08. The van der Waals surface area contributed by atoms with Crippen LogP contribution in [0, 0.1) is 0 Å². The third-order valence-electron chi connectivity index (χ3n) is 2.72. The third kappa shape index (κ3) is 1.65. The van der Waals surface area contributed by atoms with E-state index in [9.17, 15) is 4.79 Å². The molecule has 3 nitrogen and oxygen atoms in total. The van der Waals surface area contributed by atoms with E-state index in [0.29, 0.717) is 11.4 Å². The number of nitrogen functional groups attached to an aromatic ring is 1. The van der Waals surface area contributed by atoms with Crippen molar-refractivity contribution in [3.8, 4) is 0 Å². The van der Waals surface area contributed by atoms with Gasteiger partial charge in [0.2, 0.25) is 0 Å².